The lowest BCUT2D eigenvalue weighted by molar-refractivity contribution is 0.201. The molecule has 2 heteroatoms. The second-order valence-corrected chi connectivity index (χ2v) is 5.40. The molecule has 0 amide bonds. The van der Waals surface area contributed by atoms with Crippen LogP contribution < -0.4 is 0 Å². The van der Waals surface area contributed by atoms with Gasteiger partial charge in [-0.05, 0) is 30.9 Å². The number of hydrogen-bond acceptors (Lipinski definition) is 1. The summed E-state index contributed by atoms with van der Waals surface area (Å²) in [6.07, 6.45) is 5.47. The van der Waals surface area contributed by atoms with Crippen molar-refractivity contribution in [3.05, 3.63) is 35.4 Å². The summed E-state index contributed by atoms with van der Waals surface area (Å²) in [7, 11) is 0. The first-order valence-electron chi connectivity index (χ1n) is 6.66. The van der Waals surface area contributed by atoms with Gasteiger partial charge >= 0.3 is 0 Å². The van der Waals surface area contributed by atoms with Crippen LogP contribution in [0.2, 0.25) is 0 Å². The number of alkyl halides is 1. The highest BCUT2D eigenvalue weighted by molar-refractivity contribution is 6.18. The molecule has 0 heterocycles. The maximum atomic E-state index is 5.94. The maximum absolute atomic E-state index is 5.94. The van der Waals surface area contributed by atoms with Gasteiger partial charge < -0.3 is 0 Å². The van der Waals surface area contributed by atoms with Gasteiger partial charge in [0.05, 0.1) is 0 Å². The van der Waals surface area contributed by atoms with Gasteiger partial charge in [0.25, 0.3) is 0 Å². The van der Waals surface area contributed by atoms with Gasteiger partial charge in [-0.2, -0.15) is 0 Å². The third-order valence-electron chi connectivity index (χ3n) is 3.85. The Morgan fingerprint density at radius 2 is 1.94 bits per heavy atom. The molecule has 0 aliphatic heterocycles. The van der Waals surface area contributed by atoms with Crippen LogP contribution in [0.25, 0.3) is 0 Å². The first-order chi connectivity index (χ1) is 8.31. The van der Waals surface area contributed by atoms with Crippen LogP contribution in [0.5, 0.6) is 0 Å². The minimum Gasteiger partial charge on any atom is -0.295 e. The molecule has 1 aromatic rings. The molecular weight excluding hydrogens is 230 g/mol. The third kappa shape index (κ3) is 3.46. The molecule has 1 aromatic carbocycles. The second-order valence-electron chi connectivity index (χ2n) is 5.02. The van der Waals surface area contributed by atoms with E-state index in [-0.39, 0.29) is 0 Å². The average Bonchev–Trinajstić information content (AvgIpc) is 2.85. The number of nitrogens with zero attached hydrogens (tertiary/aromatic N) is 1. The van der Waals surface area contributed by atoms with E-state index in [4.69, 9.17) is 11.6 Å². The zero-order valence-corrected chi connectivity index (χ0v) is 11.4. The maximum Gasteiger partial charge on any atom is 0.0351 e. The Hall–Kier alpha value is -0.530. The first-order valence-corrected chi connectivity index (χ1v) is 7.19. The van der Waals surface area contributed by atoms with E-state index in [1.165, 1.54) is 36.8 Å². The van der Waals surface area contributed by atoms with Crippen LogP contribution in [0, 0.1) is 6.92 Å². The van der Waals surface area contributed by atoms with Crippen molar-refractivity contribution in [2.75, 3.05) is 12.4 Å². The van der Waals surface area contributed by atoms with Gasteiger partial charge in [0.1, 0.15) is 0 Å². The van der Waals surface area contributed by atoms with E-state index in [2.05, 4.69) is 36.1 Å². The largest absolute Gasteiger partial charge is 0.295 e. The monoisotopic (exact) mass is 251 g/mol. The van der Waals surface area contributed by atoms with Gasteiger partial charge in [0, 0.05) is 25.0 Å². The summed E-state index contributed by atoms with van der Waals surface area (Å²) in [5, 5.41) is 0. The minimum absolute atomic E-state index is 0.738. The predicted molar refractivity (Wildman–Crippen MR) is 74.6 cm³/mol. The van der Waals surface area contributed by atoms with Gasteiger partial charge in [-0.25, -0.2) is 0 Å². The summed E-state index contributed by atoms with van der Waals surface area (Å²) in [6, 6.07) is 9.44. The number of rotatable bonds is 5. The number of hydrogen-bond donors (Lipinski definition) is 0. The molecule has 0 saturated heterocycles. The van der Waals surface area contributed by atoms with E-state index in [1.807, 2.05) is 0 Å². The lowest BCUT2D eigenvalue weighted by Crippen LogP contribution is -2.34. The molecule has 1 fully saturated rings. The Balaban J connectivity index is 2.04. The Bertz CT molecular complexity index is 345. The normalized spacial score (nSPS) is 16.9. The molecule has 94 valence electrons. The van der Waals surface area contributed by atoms with E-state index in [0.29, 0.717) is 0 Å². The molecule has 1 nitrogen and oxygen atoms in total. The summed E-state index contributed by atoms with van der Waals surface area (Å²) < 4.78 is 0. The summed E-state index contributed by atoms with van der Waals surface area (Å²) in [6.45, 7) is 4.27. The second kappa shape index (κ2) is 6.42. The third-order valence-corrected chi connectivity index (χ3v) is 4.02. The average molecular weight is 252 g/mol. The van der Waals surface area contributed by atoms with Crippen LogP contribution in [0.4, 0.5) is 0 Å². The van der Waals surface area contributed by atoms with Gasteiger partial charge in [0.2, 0.25) is 0 Å². The van der Waals surface area contributed by atoms with Crippen molar-refractivity contribution in [1.82, 2.24) is 4.90 Å². The van der Waals surface area contributed by atoms with Crippen LogP contribution in [0.3, 0.4) is 0 Å². The fourth-order valence-electron chi connectivity index (χ4n) is 2.77. The van der Waals surface area contributed by atoms with Crippen molar-refractivity contribution in [3.63, 3.8) is 0 Å². The molecule has 1 saturated carbocycles. The SMILES string of the molecule is Cc1ccccc1CN(CCCl)C1CCCC1. The van der Waals surface area contributed by atoms with Crippen LogP contribution in [0.15, 0.2) is 24.3 Å². The molecule has 0 radical (unpaired) electrons. The highest BCUT2D eigenvalue weighted by atomic mass is 35.5. The van der Waals surface area contributed by atoms with Crippen molar-refractivity contribution in [2.24, 2.45) is 0 Å². The summed E-state index contributed by atoms with van der Waals surface area (Å²) in [4.78, 5) is 2.57. The molecule has 1 aliphatic rings. The number of benzene rings is 1. The summed E-state index contributed by atoms with van der Waals surface area (Å²) in [5.74, 6) is 0.738. The molecule has 2 rings (SSSR count). The minimum atomic E-state index is 0.738. The molecule has 0 aromatic heterocycles. The van der Waals surface area contributed by atoms with E-state index in [1.54, 1.807) is 0 Å². The molecule has 0 N–H and O–H groups in total. The Kier molecular flexibility index (Phi) is 4.87. The standard InChI is InChI=1S/C15H22ClN/c1-13-6-2-3-7-14(13)12-17(11-10-16)15-8-4-5-9-15/h2-3,6-7,15H,4-5,8-12H2,1H3. The molecule has 0 bridgehead atoms. The smallest absolute Gasteiger partial charge is 0.0351 e. The summed E-state index contributed by atoms with van der Waals surface area (Å²) >= 11 is 5.94. The van der Waals surface area contributed by atoms with E-state index >= 15 is 0 Å². The van der Waals surface area contributed by atoms with Crippen molar-refractivity contribution >= 4 is 11.6 Å². The Morgan fingerprint density at radius 3 is 2.59 bits per heavy atom. The van der Waals surface area contributed by atoms with Gasteiger partial charge in [-0.1, -0.05) is 37.1 Å². The fourth-order valence-corrected chi connectivity index (χ4v) is 2.99. The first kappa shape index (κ1) is 12.9. The molecule has 0 atom stereocenters. The van der Waals surface area contributed by atoms with Crippen LogP contribution >= 0.6 is 11.6 Å². The summed E-state index contributed by atoms with van der Waals surface area (Å²) in [5.41, 5.74) is 2.84. The quantitative estimate of drug-likeness (QED) is 0.716. The lowest BCUT2D eigenvalue weighted by atomic mass is 10.1. The highest BCUT2D eigenvalue weighted by Gasteiger charge is 2.22. The molecule has 1 aliphatic carbocycles. The molecule has 17 heavy (non-hydrogen) atoms. The van der Waals surface area contributed by atoms with Crippen molar-refractivity contribution in [3.8, 4) is 0 Å². The van der Waals surface area contributed by atoms with Gasteiger partial charge in [-0.3, -0.25) is 4.90 Å². The van der Waals surface area contributed by atoms with Crippen LogP contribution in [0.1, 0.15) is 36.8 Å². The Morgan fingerprint density at radius 1 is 1.24 bits per heavy atom. The van der Waals surface area contributed by atoms with Crippen LogP contribution in [-0.2, 0) is 6.54 Å². The topological polar surface area (TPSA) is 3.24 Å². The van der Waals surface area contributed by atoms with Crippen molar-refractivity contribution in [2.45, 2.75) is 45.2 Å². The van der Waals surface area contributed by atoms with E-state index in [9.17, 15) is 0 Å². The van der Waals surface area contributed by atoms with E-state index < -0.39 is 0 Å². The lowest BCUT2D eigenvalue weighted by Gasteiger charge is -2.28. The molecule has 0 spiro atoms. The Labute approximate surface area is 110 Å². The van der Waals surface area contributed by atoms with Crippen molar-refractivity contribution in [1.29, 1.82) is 0 Å². The van der Waals surface area contributed by atoms with Crippen LogP contribution in [-0.4, -0.2) is 23.4 Å². The fraction of sp³-hybridized carbons (Fsp3) is 0.600. The van der Waals surface area contributed by atoms with E-state index in [0.717, 1.165) is 25.0 Å². The number of aryl methyl sites for hydroxylation is 1. The van der Waals surface area contributed by atoms with Gasteiger partial charge in [-0.15, -0.1) is 11.6 Å². The van der Waals surface area contributed by atoms with Gasteiger partial charge in [0.15, 0.2) is 0 Å². The molecular formula is C15H22ClN. The zero-order chi connectivity index (χ0) is 12.1. The highest BCUT2D eigenvalue weighted by Crippen LogP contribution is 2.25. The van der Waals surface area contributed by atoms with Crippen molar-refractivity contribution < 1.29 is 0 Å². The zero-order valence-electron chi connectivity index (χ0n) is 10.7. The number of halogens is 1. The molecule has 0 unspecified atom stereocenters. The predicted octanol–water partition coefficient (Wildman–Crippen LogP) is 3.98.